The second-order valence-electron chi connectivity index (χ2n) is 6.86. The number of rotatable bonds is 3. The lowest BCUT2D eigenvalue weighted by molar-refractivity contribution is -0.137. The molecule has 29 heavy (non-hydrogen) atoms. The minimum Gasteiger partial charge on any atom is -0.451 e. The molecule has 0 unspecified atom stereocenters. The molecule has 2 aromatic carbocycles. The van der Waals surface area contributed by atoms with Gasteiger partial charge < -0.3 is 14.2 Å². The van der Waals surface area contributed by atoms with E-state index in [4.69, 9.17) is 4.42 Å². The lowest BCUT2D eigenvalue weighted by Crippen LogP contribution is -2.48. The second kappa shape index (κ2) is 7.66. The molecule has 1 aliphatic rings. The first-order chi connectivity index (χ1) is 13.9. The Balaban J connectivity index is 1.41. The van der Waals surface area contributed by atoms with Gasteiger partial charge in [-0.05, 0) is 30.3 Å². The van der Waals surface area contributed by atoms with Crippen LogP contribution in [-0.4, -0.2) is 37.0 Å². The van der Waals surface area contributed by atoms with E-state index in [2.05, 4.69) is 0 Å². The average molecular weight is 400 g/mol. The first-order valence-electron chi connectivity index (χ1n) is 9.28. The predicted molar refractivity (Wildman–Crippen MR) is 104 cm³/mol. The number of benzene rings is 2. The first-order valence-corrected chi connectivity index (χ1v) is 9.28. The van der Waals surface area contributed by atoms with E-state index < -0.39 is 11.7 Å². The molecule has 0 radical (unpaired) electrons. The van der Waals surface area contributed by atoms with Crippen molar-refractivity contribution < 1.29 is 22.4 Å². The van der Waals surface area contributed by atoms with E-state index in [1.807, 2.05) is 35.2 Å². The molecular formula is C22H19F3N2O2. The number of alkyl halides is 3. The number of nitrogens with zero attached hydrogens (tertiary/aromatic N) is 2. The number of carbonyl (C=O) groups is 1. The van der Waals surface area contributed by atoms with E-state index in [-0.39, 0.29) is 11.7 Å². The third-order valence-electron chi connectivity index (χ3n) is 4.98. The molecule has 2 heterocycles. The van der Waals surface area contributed by atoms with Crippen molar-refractivity contribution in [2.24, 2.45) is 0 Å². The summed E-state index contributed by atoms with van der Waals surface area (Å²) in [7, 11) is 0. The van der Waals surface area contributed by atoms with E-state index in [0.29, 0.717) is 37.6 Å². The molecule has 0 bridgehead atoms. The zero-order chi connectivity index (χ0) is 20.4. The van der Waals surface area contributed by atoms with Crippen molar-refractivity contribution in [3.05, 3.63) is 78.1 Å². The highest BCUT2D eigenvalue weighted by Gasteiger charge is 2.31. The van der Waals surface area contributed by atoms with Crippen LogP contribution in [0.3, 0.4) is 0 Å². The fourth-order valence-electron chi connectivity index (χ4n) is 3.41. The number of amides is 1. The summed E-state index contributed by atoms with van der Waals surface area (Å²) in [5.74, 6) is 0.670. The lowest BCUT2D eigenvalue weighted by Gasteiger charge is -2.36. The van der Waals surface area contributed by atoms with Gasteiger partial charge in [0.25, 0.3) is 5.91 Å². The van der Waals surface area contributed by atoms with E-state index in [0.717, 1.165) is 17.7 Å². The highest BCUT2D eigenvalue weighted by molar-refractivity contribution is 5.92. The SMILES string of the molecule is O=C(c1ccc(-c2ccccc2)o1)N1CCN(c2cccc(C(F)(F)F)c2)CC1. The summed E-state index contributed by atoms with van der Waals surface area (Å²) in [6, 6.07) is 18.2. The Hall–Kier alpha value is -3.22. The molecule has 0 spiro atoms. The summed E-state index contributed by atoms with van der Waals surface area (Å²) < 4.78 is 44.5. The molecule has 3 aromatic rings. The smallest absolute Gasteiger partial charge is 0.416 e. The normalized spacial score (nSPS) is 14.9. The Kier molecular flexibility index (Phi) is 5.05. The monoisotopic (exact) mass is 400 g/mol. The van der Waals surface area contributed by atoms with Crippen LogP contribution in [0.1, 0.15) is 16.1 Å². The molecule has 4 rings (SSSR count). The number of hydrogen-bond donors (Lipinski definition) is 0. The Bertz CT molecular complexity index is 991. The fraction of sp³-hybridized carbons (Fsp3) is 0.227. The van der Waals surface area contributed by atoms with Crippen molar-refractivity contribution >= 4 is 11.6 Å². The molecule has 4 nitrogen and oxygen atoms in total. The average Bonchev–Trinajstić information content (AvgIpc) is 3.24. The Morgan fingerprint density at radius 3 is 2.28 bits per heavy atom. The van der Waals surface area contributed by atoms with E-state index in [9.17, 15) is 18.0 Å². The van der Waals surface area contributed by atoms with Crippen LogP contribution in [0.15, 0.2) is 71.1 Å². The summed E-state index contributed by atoms with van der Waals surface area (Å²) in [5.41, 5.74) is 0.731. The van der Waals surface area contributed by atoms with Gasteiger partial charge in [-0.1, -0.05) is 36.4 Å². The standard InChI is InChI=1S/C22H19F3N2O2/c23-22(24,25)17-7-4-8-18(15-17)26-11-13-27(14-12-26)21(28)20-10-9-19(29-20)16-5-2-1-3-6-16/h1-10,15H,11-14H2. The van der Waals surface area contributed by atoms with Gasteiger partial charge in [0.05, 0.1) is 5.56 Å². The zero-order valence-corrected chi connectivity index (χ0v) is 15.5. The minimum absolute atomic E-state index is 0.212. The summed E-state index contributed by atoms with van der Waals surface area (Å²) in [6.07, 6.45) is -4.37. The van der Waals surface area contributed by atoms with E-state index >= 15 is 0 Å². The summed E-state index contributed by atoms with van der Waals surface area (Å²) >= 11 is 0. The number of carbonyl (C=O) groups excluding carboxylic acids is 1. The number of anilines is 1. The number of hydrogen-bond acceptors (Lipinski definition) is 3. The molecule has 1 aliphatic heterocycles. The van der Waals surface area contributed by atoms with Crippen LogP contribution in [-0.2, 0) is 6.18 Å². The Labute approximate surface area is 166 Å². The molecule has 0 atom stereocenters. The second-order valence-corrected chi connectivity index (χ2v) is 6.86. The van der Waals surface area contributed by atoms with E-state index in [1.54, 1.807) is 23.1 Å². The molecule has 150 valence electrons. The van der Waals surface area contributed by atoms with Crippen LogP contribution in [0, 0.1) is 0 Å². The van der Waals surface area contributed by atoms with Crippen molar-refractivity contribution in [3.63, 3.8) is 0 Å². The van der Waals surface area contributed by atoms with Gasteiger partial charge in [-0.15, -0.1) is 0 Å². The quantitative estimate of drug-likeness (QED) is 0.626. The molecule has 1 fully saturated rings. The van der Waals surface area contributed by atoms with Crippen LogP contribution in [0.25, 0.3) is 11.3 Å². The maximum Gasteiger partial charge on any atom is 0.416 e. The molecule has 0 N–H and O–H groups in total. The molecule has 0 saturated carbocycles. The summed E-state index contributed by atoms with van der Waals surface area (Å²) in [4.78, 5) is 16.3. The van der Waals surface area contributed by atoms with Crippen LogP contribution < -0.4 is 4.90 Å². The summed E-state index contributed by atoms with van der Waals surface area (Å²) in [5, 5.41) is 0. The van der Waals surface area contributed by atoms with Gasteiger partial charge in [-0.2, -0.15) is 13.2 Å². The van der Waals surface area contributed by atoms with Crippen LogP contribution in [0.4, 0.5) is 18.9 Å². The lowest BCUT2D eigenvalue weighted by atomic mass is 10.1. The van der Waals surface area contributed by atoms with Crippen molar-refractivity contribution in [1.82, 2.24) is 4.90 Å². The predicted octanol–water partition coefficient (Wildman–Crippen LogP) is 4.93. The highest BCUT2D eigenvalue weighted by atomic mass is 19.4. The fourth-order valence-corrected chi connectivity index (χ4v) is 3.41. The minimum atomic E-state index is -4.37. The van der Waals surface area contributed by atoms with Gasteiger partial charge in [0, 0.05) is 37.4 Å². The topological polar surface area (TPSA) is 36.7 Å². The molecular weight excluding hydrogens is 381 g/mol. The third-order valence-corrected chi connectivity index (χ3v) is 4.98. The van der Waals surface area contributed by atoms with Gasteiger partial charge in [0.15, 0.2) is 5.76 Å². The Morgan fingerprint density at radius 1 is 0.862 bits per heavy atom. The molecule has 1 aromatic heterocycles. The van der Waals surface area contributed by atoms with Crippen LogP contribution >= 0.6 is 0 Å². The maximum atomic E-state index is 12.9. The Morgan fingerprint density at radius 2 is 1.59 bits per heavy atom. The first kappa shape index (κ1) is 19.1. The van der Waals surface area contributed by atoms with Gasteiger partial charge in [-0.25, -0.2) is 0 Å². The summed E-state index contributed by atoms with van der Waals surface area (Å²) in [6.45, 7) is 1.74. The van der Waals surface area contributed by atoms with Crippen molar-refractivity contribution in [3.8, 4) is 11.3 Å². The largest absolute Gasteiger partial charge is 0.451 e. The van der Waals surface area contributed by atoms with Gasteiger partial charge in [-0.3, -0.25) is 4.79 Å². The third kappa shape index (κ3) is 4.13. The van der Waals surface area contributed by atoms with Crippen molar-refractivity contribution in [2.75, 3.05) is 31.1 Å². The van der Waals surface area contributed by atoms with Gasteiger partial charge >= 0.3 is 6.18 Å². The van der Waals surface area contributed by atoms with Crippen molar-refractivity contribution in [2.45, 2.75) is 6.18 Å². The number of halogens is 3. The van der Waals surface area contributed by atoms with Gasteiger partial charge in [0.2, 0.25) is 0 Å². The maximum absolute atomic E-state index is 12.9. The molecule has 1 amide bonds. The number of furan rings is 1. The molecule has 7 heteroatoms. The molecule has 0 aliphatic carbocycles. The highest BCUT2D eigenvalue weighted by Crippen LogP contribution is 2.32. The molecule has 1 saturated heterocycles. The number of piperazine rings is 1. The van der Waals surface area contributed by atoms with Gasteiger partial charge in [0.1, 0.15) is 5.76 Å². The van der Waals surface area contributed by atoms with E-state index in [1.165, 1.54) is 6.07 Å². The van der Waals surface area contributed by atoms with Crippen LogP contribution in [0.2, 0.25) is 0 Å². The van der Waals surface area contributed by atoms with Crippen molar-refractivity contribution in [1.29, 1.82) is 0 Å². The zero-order valence-electron chi connectivity index (χ0n) is 15.5. The van der Waals surface area contributed by atoms with Crippen LogP contribution in [0.5, 0.6) is 0 Å².